The van der Waals surface area contributed by atoms with Gasteiger partial charge in [-0.2, -0.15) is 0 Å². The fourth-order valence-electron chi connectivity index (χ4n) is 1.06. The second-order valence-corrected chi connectivity index (χ2v) is 4.21. The molecular formula is C13H11BrO4. The summed E-state index contributed by atoms with van der Waals surface area (Å²) >= 11 is 3.30. The highest BCUT2D eigenvalue weighted by Gasteiger charge is 1.98. The van der Waals surface area contributed by atoms with Gasteiger partial charge in [0.15, 0.2) is 0 Å². The van der Waals surface area contributed by atoms with Crippen molar-refractivity contribution >= 4 is 27.9 Å². The van der Waals surface area contributed by atoms with Crippen LogP contribution in [0.3, 0.4) is 0 Å². The molecule has 0 aliphatic heterocycles. The van der Waals surface area contributed by atoms with E-state index >= 15 is 0 Å². The minimum Gasteiger partial charge on any atom is -0.478 e. The molecule has 0 radical (unpaired) electrons. The van der Waals surface area contributed by atoms with Gasteiger partial charge in [-0.15, -0.1) is 0 Å². The van der Waals surface area contributed by atoms with Crippen molar-refractivity contribution in [2.24, 2.45) is 0 Å². The Bertz CT molecular complexity index is 474. The number of carbonyl (C=O) groups is 2. The van der Waals surface area contributed by atoms with E-state index in [0.717, 1.165) is 22.2 Å². The largest absolute Gasteiger partial charge is 0.478 e. The van der Waals surface area contributed by atoms with Crippen LogP contribution in [0.4, 0.5) is 0 Å². The summed E-state index contributed by atoms with van der Waals surface area (Å²) in [5.41, 5.74) is 0.876. The lowest BCUT2D eigenvalue weighted by Crippen LogP contribution is -2.00. The van der Waals surface area contributed by atoms with Crippen molar-refractivity contribution in [1.29, 1.82) is 0 Å². The van der Waals surface area contributed by atoms with Crippen molar-refractivity contribution in [2.45, 2.75) is 6.61 Å². The second-order valence-electron chi connectivity index (χ2n) is 3.29. The van der Waals surface area contributed by atoms with Gasteiger partial charge in [0.05, 0.1) is 0 Å². The van der Waals surface area contributed by atoms with Gasteiger partial charge in [0.25, 0.3) is 0 Å². The van der Waals surface area contributed by atoms with Crippen LogP contribution < -0.4 is 0 Å². The summed E-state index contributed by atoms with van der Waals surface area (Å²) in [6.45, 7) is 0.180. The smallest absolute Gasteiger partial charge is 0.331 e. The topological polar surface area (TPSA) is 63.6 Å². The number of halogens is 1. The van der Waals surface area contributed by atoms with Crippen LogP contribution in [-0.2, 0) is 20.9 Å². The number of aliphatic carboxylic acids is 1. The van der Waals surface area contributed by atoms with E-state index < -0.39 is 11.9 Å². The molecule has 0 saturated heterocycles. The average Bonchev–Trinajstić information content (AvgIpc) is 2.34. The van der Waals surface area contributed by atoms with Crippen molar-refractivity contribution in [3.05, 3.63) is 58.6 Å². The first-order valence-electron chi connectivity index (χ1n) is 5.07. The van der Waals surface area contributed by atoms with Crippen molar-refractivity contribution in [3.63, 3.8) is 0 Å². The first-order valence-corrected chi connectivity index (χ1v) is 5.86. The summed E-state index contributed by atoms with van der Waals surface area (Å²) in [6.07, 6.45) is 4.66. The maximum Gasteiger partial charge on any atom is 0.331 e. The number of hydrogen-bond acceptors (Lipinski definition) is 3. The molecule has 0 heterocycles. The number of ether oxygens (including phenoxy) is 1. The molecule has 0 bridgehead atoms. The van der Waals surface area contributed by atoms with Gasteiger partial charge >= 0.3 is 11.9 Å². The second kappa shape index (κ2) is 7.45. The molecule has 0 spiro atoms. The predicted octanol–water partition coefficient (Wildman–Crippen LogP) is 2.69. The van der Waals surface area contributed by atoms with Gasteiger partial charge in [0.1, 0.15) is 6.61 Å². The lowest BCUT2D eigenvalue weighted by atomic mass is 10.2. The van der Waals surface area contributed by atoms with E-state index in [9.17, 15) is 9.59 Å². The zero-order valence-corrected chi connectivity index (χ0v) is 11.0. The highest BCUT2D eigenvalue weighted by atomic mass is 79.9. The van der Waals surface area contributed by atoms with Crippen LogP contribution in [0.2, 0.25) is 0 Å². The molecule has 1 aromatic carbocycles. The Morgan fingerprint density at radius 2 is 1.78 bits per heavy atom. The zero-order valence-electron chi connectivity index (χ0n) is 9.38. The number of carboxylic acid groups (broad SMARTS) is 1. The van der Waals surface area contributed by atoms with Gasteiger partial charge in [-0.05, 0) is 17.7 Å². The molecule has 0 aliphatic carbocycles. The van der Waals surface area contributed by atoms with Gasteiger partial charge in [0, 0.05) is 16.6 Å². The molecule has 5 heteroatoms. The number of carboxylic acids is 1. The van der Waals surface area contributed by atoms with Gasteiger partial charge < -0.3 is 9.84 Å². The first kappa shape index (κ1) is 14.2. The molecule has 1 N–H and O–H groups in total. The lowest BCUT2D eigenvalue weighted by molar-refractivity contribution is -0.139. The zero-order chi connectivity index (χ0) is 13.4. The van der Waals surface area contributed by atoms with Gasteiger partial charge in [-0.25, -0.2) is 9.59 Å². The number of carbonyl (C=O) groups excluding carboxylic acids is 1. The lowest BCUT2D eigenvalue weighted by Gasteiger charge is -2.01. The van der Waals surface area contributed by atoms with E-state index in [2.05, 4.69) is 15.9 Å². The van der Waals surface area contributed by atoms with E-state index in [1.165, 1.54) is 12.2 Å². The summed E-state index contributed by atoms with van der Waals surface area (Å²) in [5, 5.41) is 8.31. The van der Waals surface area contributed by atoms with Crippen LogP contribution >= 0.6 is 15.9 Å². The molecule has 0 fully saturated rings. The van der Waals surface area contributed by atoms with E-state index in [0.29, 0.717) is 0 Å². The Labute approximate surface area is 113 Å². The number of rotatable bonds is 5. The molecule has 94 valence electrons. The Morgan fingerprint density at radius 3 is 2.39 bits per heavy atom. The maximum absolute atomic E-state index is 11.2. The van der Waals surface area contributed by atoms with Crippen LogP contribution in [0.1, 0.15) is 5.56 Å². The van der Waals surface area contributed by atoms with E-state index in [4.69, 9.17) is 9.84 Å². The number of allylic oxidation sites excluding steroid dienone is 2. The Kier molecular flexibility index (Phi) is 5.87. The van der Waals surface area contributed by atoms with E-state index in [1.54, 1.807) is 0 Å². The molecule has 0 saturated carbocycles. The molecular weight excluding hydrogens is 300 g/mol. The van der Waals surface area contributed by atoms with Crippen LogP contribution in [0, 0.1) is 0 Å². The van der Waals surface area contributed by atoms with Crippen LogP contribution in [0.15, 0.2) is 53.0 Å². The van der Waals surface area contributed by atoms with Gasteiger partial charge in [-0.3, -0.25) is 0 Å². The highest BCUT2D eigenvalue weighted by Crippen LogP contribution is 2.11. The third kappa shape index (κ3) is 6.00. The Hall–Kier alpha value is -1.88. The Balaban J connectivity index is 2.37. The standard InChI is InChI=1S/C13H11BrO4/c14-11-7-5-10(6-8-11)9-18-13(17)4-2-1-3-12(15)16/h1-8H,9H2,(H,15,16)/b3-1+,4-2+. The fraction of sp³-hybridized carbons (Fsp3) is 0.0769. The first-order chi connectivity index (χ1) is 8.58. The van der Waals surface area contributed by atoms with Crippen molar-refractivity contribution in [2.75, 3.05) is 0 Å². The van der Waals surface area contributed by atoms with Gasteiger partial charge in [-0.1, -0.05) is 40.2 Å². The molecule has 0 aromatic heterocycles. The molecule has 18 heavy (non-hydrogen) atoms. The monoisotopic (exact) mass is 310 g/mol. The number of hydrogen-bond donors (Lipinski definition) is 1. The summed E-state index contributed by atoms with van der Waals surface area (Å²) in [5.74, 6) is -1.59. The Morgan fingerprint density at radius 1 is 1.17 bits per heavy atom. The maximum atomic E-state index is 11.2. The molecule has 0 unspecified atom stereocenters. The van der Waals surface area contributed by atoms with Gasteiger partial charge in [0.2, 0.25) is 0 Å². The summed E-state index contributed by atoms with van der Waals surface area (Å²) < 4.78 is 5.91. The number of benzene rings is 1. The van der Waals surface area contributed by atoms with Crippen molar-refractivity contribution < 1.29 is 19.4 Å². The molecule has 1 aromatic rings. The van der Waals surface area contributed by atoms with Crippen LogP contribution in [0.5, 0.6) is 0 Å². The third-order valence-electron chi connectivity index (χ3n) is 1.88. The quantitative estimate of drug-likeness (QED) is 0.516. The molecule has 4 nitrogen and oxygen atoms in total. The van der Waals surface area contributed by atoms with Crippen molar-refractivity contribution in [3.8, 4) is 0 Å². The summed E-state index contributed by atoms with van der Waals surface area (Å²) in [7, 11) is 0. The minimum atomic E-state index is -1.07. The molecule has 0 atom stereocenters. The SMILES string of the molecule is O=C(O)/C=C/C=C/C(=O)OCc1ccc(Br)cc1. The highest BCUT2D eigenvalue weighted by molar-refractivity contribution is 9.10. The average molecular weight is 311 g/mol. The fourth-order valence-corrected chi connectivity index (χ4v) is 1.32. The summed E-state index contributed by atoms with van der Waals surface area (Å²) in [6, 6.07) is 7.39. The predicted molar refractivity (Wildman–Crippen MR) is 69.9 cm³/mol. The van der Waals surface area contributed by atoms with Crippen LogP contribution in [0.25, 0.3) is 0 Å². The molecule has 0 aliphatic rings. The van der Waals surface area contributed by atoms with E-state index in [-0.39, 0.29) is 6.61 Å². The molecule has 0 amide bonds. The normalized spacial score (nSPS) is 10.9. The molecule has 1 rings (SSSR count). The van der Waals surface area contributed by atoms with Crippen LogP contribution in [-0.4, -0.2) is 17.0 Å². The number of esters is 1. The minimum absolute atomic E-state index is 0.180. The third-order valence-corrected chi connectivity index (χ3v) is 2.41. The summed E-state index contributed by atoms with van der Waals surface area (Å²) in [4.78, 5) is 21.4. The van der Waals surface area contributed by atoms with Crippen molar-refractivity contribution in [1.82, 2.24) is 0 Å². The van der Waals surface area contributed by atoms with E-state index in [1.807, 2.05) is 24.3 Å².